The molecule has 36 heavy (non-hydrogen) atoms. The minimum Gasteiger partial charge on any atom is -0.494 e. The predicted molar refractivity (Wildman–Crippen MR) is 151 cm³/mol. The number of rotatable bonds is 17. The lowest BCUT2D eigenvalue weighted by molar-refractivity contribution is -0.683. The van der Waals surface area contributed by atoms with Crippen molar-refractivity contribution >= 4 is 22.9 Å². The van der Waals surface area contributed by atoms with Crippen LogP contribution < -0.4 is 14.6 Å². The molecule has 3 aromatic rings. The van der Waals surface area contributed by atoms with Crippen molar-refractivity contribution < 1.29 is 14.1 Å². The maximum absolute atomic E-state index is 12.7. The first-order chi connectivity index (χ1) is 17.6. The van der Waals surface area contributed by atoms with Gasteiger partial charge in [0.05, 0.1) is 17.9 Å². The summed E-state index contributed by atoms with van der Waals surface area (Å²) in [6.45, 7) is 5.91. The van der Waals surface area contributed by atoms with Gasteiger partial charge >= 0.3 is 0 Å². The van der Waals surface area contributed by atoms with Crippen molar-refractivity contribution in [2.24, 2.45) is 0 Å². The lowest BCUT2D eigenvalue weighted by atomic mass is 10.1. The topological polar surface area (TPSA) is 42.2 Å². The predicted octanol–water partition coefficient (Wildman–Crippen LogP) is 7.87. The van der Waals surface area contributed by atoms with Crippen molar-refractivity contribution in [3.05, 3.63) is 76.2 Å². The highest BCUT2D eigenvalue weighted by Gasteiger charge is 2.09. The second-order valence-electron chi connectivity index (χ2n) is 9.74. The third-order valence-electron chi connectivity index (χ3n) is 6.33. The van der Waals surface area contributed by atoms with E-state index in [1.165, 1.54) is 62.7 Å². The Morgan fingerprint density at radius 1 is 0.889 bits per heavy atom. The van der Waals surface area contributed by atoms with E-state index in [1.54, 1.807) is 11.3 Å². The molecule has 1 amide bonds. The molecule has 3 rings (SSSR count). The SMILES string of the molecule is CCCCCCCCCCCCOc1cccc(CC(=O)Nc2cccc(C[n+]3csc(C)c3)c2)c1. The Hall–Kier alpha value is -2.66. The van der Waals surface area contributed by atoms with Gasteiger partial charge in [-0.3, -0.25) is 4.79 Å². The number of nitrogens with one attached hydrogen (secondary N) is 1. The van der Waals surface area contributed by atoms with E-state index in [4.69, 9.17) is 4.74 Å². The summed E-state index contributed by atoms with van der Waals surface area (Å²) in [4.78, 5) is 14.0. The number of aromatic nitrogens is 1. The number of benzene rings is 2. The molecule has 0 saturated heterocycles. The number of carbonyl (C=O) groups excluding carboxylic acids is 1. The Balaban J connectivity index is 1.34. The molecule has 1 heterocycles. The number of ether oxygens (including phenoxy) is 1. The first kappa shape index (κ1) is 27.9. The Bertz CT molecular complexity index is 1050. The molecule has 0 aliphatic carbocycles. The van der Waals surface area contributed by atoms with E-state index >= 15 is 0 Å². The number of amides is 1. The van der Waals surface area contributed by atoms with Crippen LogP contribution in [0.2, 0.25) is 0 Å². The van der Waals surface area contributed by atoms with Gasteiger partial charge in [0, 0.05) is 11.3 Å². The van der Waals surface area contributed by atoms with Gasteiger partial charge in [-0.05, 0) is 43.2 Å². The molecule has 0 saturated carbocycles. The maximum Gasteiger partial charge on any atom is 0.228 e. The fourth-order valence-electron chi connectivity index (χ4n) is 4.40. The van der Waals surface area contributed by atoms with Gasteiger partial charge in [0.2, 0.25) is 11.4 Å². The van der Waals surface area contributed by atoms with Crippen molar-refractivity contribution in [3.63, 3.8) is 0 Å². The van der Waals surface area contributed by atoms with Crippen molar-refractivity contribution in [2.45, 2.75) is 91.0 Å². The van der Waals surface area contributed by atoms with Gasteiger partial charge in [0.25, 0.3) is 0 Å². The van der Waals surface area contributed by atoms with E-state index in [9.17, 15) is 4.79 Å². The highest BCUT2D eigenvalue weighted by atomic mass is 32.1. The number of hydrogen-bond acceptors (Lipinski definition) is 3. The largest absolute Gasteiger partial charge is 0.494 e. The lowest BCUT2D eigenvalue weighted by Crippen LogP contribution is -2.30. The van der Waals surface area contributed by atoms with E-state index < -0.39 is 0 Å². The monoisotopic (exact) mass is 507 g/mol. The number of carbonyl (C=O) groups is 1. The maximum atomic E-state index is 12.7. The zero-order chi connectivity index (χ0) is 25.4. The van der Waals surface area contributed by atoms with Crippen LogP contribution in [0, 0.1) is 6.92 Å². The van der Waals surface area contributed by atoms with Gasteiger partial charge < -0.3 is 10.1 Å². The molecule has 194 valence electrons. The van der Waals surface area contributed by atoms with Crippen LogP contribution in [0.1, 0.15) is 87.1 Å². The first-order valence-electron chi connectivity index (χ1n) is 13.7. The third kappa shape index (κ3) is 10.9. The second-order valence-corrected chi connectivity index (χ2v) is 10.8. The van der Waals surface area contributed by atoms with Crippen molar-refractivity contribution in [2.75, 3.05) is 11.9 Å². The van der Waals surface area contributed by atoms with Crippen LogP contribution in [0.5, 0.6) is 5.75 Å². The smallest absolute Gasteiger partial charge is 0.228 e. The van der Waals surface area contributed by atoms with Crippen LogP contribution in [0.3, 0.4) is 0 Å². The third-order valence-corrected chi connectivity index (χ3v) is 7.18. The summed E-state index contributed by atoms with van der Waals surface area (Å²) in [6, 6.07) is 16.0. The molecule has 0 unspecified atom stereocenters. The molecule has 5 heteroatoms. The average molecular weight is 508 g/mol. The molecule has 1 aromatic heterocycles. The molecule has 0 fully saturated rings. The van der Waals surface area contributed by atoms with Gasteiger partial charge in [0.15, 0.2) is 12.7 Å². The number of hydrogen-bond donors (Lipinski definition) is 1. The standard InChI is InChI=1S/C31H42N2O2S/c1-3-4-5-6-7-8-9-10-11-12-19-35-30-18-14-15-27(21-30)22-31(34)32-29-17-13-16-28(20-29)24-33-23-26(2)36-25-33/h13-18,20-21,23,25H,3-12,19,22,24H2,1-2H3/p+1. The molecule has 0 bridgehead atoms. The van der Waals surface area contributed by atoms with E-state index in [-0.39, 0.29) is 5.91 Å². The van der Waals surface area contributed by atoms with E-state index in [1.807, 2.05) is 42.5 Å². The molecule has 0 aliphatic heterocycles. The van der Waals surface area contributed by atoms with Crippen LogP contribution in [0.4, 0.5) is 5.69 Å². The lowest BCUT2D eigenvalue weighted by Gasteiger charge is -2.09. The zero-order valence-electron chi connectivity index (χ0n) is 22.1. The molecule has 4 nitrogen and oxygen atoms in total. The van der Waals surface area contributed by atoms with Gasteiger partial charge in [-0.25, -0.2) is 0 Å². The van der Waals surface area contributed by atoms with Crippen LogP contribution in [-0.4, -0.2) is 12.5 Å². The van der Waals surface area contributed by atoms with E-state index in [0.717, 1.165) is 42.1 Å². The fraction of sp³-hybridized carbons (Fsp3) is 0.484. The number of nitrogens with zero attached hydrogens (tertiary/aromatic N) is 1. The summed E-state index contributed by atoms with van der Waals surface area (Å²) >= 11 is 1.74. The summed E-state index contributed by atoms with van der Waals surface area (Å²) in [6.07, 6.45) is 15.7. The quantitative estimate of drug-likeness (QED) is 0.149. The van der Waals surface area contributed by atoms with Crippen molar-refractivity contribution in [1.82, 2.24) is 0 Å². The number of unbranched alkanes of at least 4 members (excludes halogenated alkanes) is 9. The molecular formula is C31H43N2O2S+. The summed E-state index contributed by atoms with van der Waals surface area (Å²) in [7, 11) is 0. The van der Waals surface area contributed by atoms with E-state index in [0.29, 0.717) is 6.42 Å². The highest BCUT2D eigenvalue weighted by Crippen LogP contribution is 2.17. The van der Waals surface area contributed by atoms with Gasteiger partial charge in [0.1, 0.15) is 5.75 Å². The molecule has 0 spiro atoms. The number of aryl methyl sites for hydroxylation is 1. The Kier molecular flexibility index (Phi) is 12.5. The molecule has 0 aliphatic rings. The van der Waals surface area contributed by atoms with Crippen molar-refractivity contribution in [3.8, 4) is 5.75 Å². The van der Waals surface area contributed by atoms with Gasteiger partial charge in [-0.15, -0.1) is 0 Å². The van der Waals surface area contributed by atoms with Crippen LogP contribution in [0.25, 0.3) is 0 Å². The second kappa shape index (κ2) is 16.2. The fourth-order valence-corrected chi connectivity index (χ4v) is 5.04. The minimum atomic E-state index is -0.0157. The summed E-state index contributed by atoms with van der Waals surface area (Å²) in [5.74, 6) is 0.833. The molecule has 0 radical (unpaired) electrons. The number of thiazole rings is 1. The summed E-state index contributed by atoms with van der Waals surface area (Å²) in [5.41, 5.74) is 5.08. The molecule has 2 aromatic carbocycles. The minimum absolute atomic E-state index is 0.0157. The normalized spacial score (nSPS) is 10.9. The Labute approximate surface area is 221 Å². The van der Waals surface area contributed by atoms with Crippen LogP contribution in [0.15, 0.2) is 60.2 Å². The average Bonchev–Trinajstić information content (AvgIpc) is 3.27. The summed E-state index contributed by atoms with van der Waals surface area (Å²) in [5, 5.41) is 3.05. The molecule has 1 N–H and O–H groups in total. The van der Waals surface area contributed by atoms with Crippen LogP contribution in [-0.2, 0) is 17.8 Å². The zero-order valence-corrected chi connectivity index (χ0v) is 23.0. The highest BCUT2D eigenvalue weighted by molar-refractivity contribution is 7.09. The summed E-state index contributed by atoms with van der Waals surface area (Å²) < 4.78 is 8.13. The first-order valence-corrected chi connectivity index (χ1v) is 14.5. The van der Waals surface area contributed by atoms with Gasteiger partial charge in [-0.2, -0.15) is 4.57 Å². The van der Waals surface area contributed by atoms with Gasteiger partial charge in [-0.1, -0.05) is 100 Å². The number of anilines is 1. The van der Waals surface area contributed by atoms with Crippen LogP contribution >= 0.6 is 11.3 Å². The Morgan fingerprint density at radius 3 is 2.31 bits per heavy atom. The molecule has 0 atom stereocenters. The van der Waals surface area contributed by atoms with Crippen molar-refractivity contribution in [1.29, 1.82) is 0 Å². The molecular weight excluding hydrogens is 464 g/mol. The van der Waals surface area contributed by atoms with E-state index in [2.05, 4.69) is 41.5 Å². The Morgan fingerprint density at radius 2 is 1.58 bits per heavy atom.